The van der Waals surface area contributed by atoms with E-state index in [1.165, 1.54) is 12.1 Å². The molecule has 0 aliphatic carbocycles. The molecule has 0 atom stereocenters. The Bertz CT molecular complexity index is 926. The van der Waals surface area contributed by atoms with Crippen LogP contribution in [-0.2, 0) is 6.61 Å². The second-order valence-electron chi connectivity index (χ2n) is 5.79. The molecule has 0 aliphatic heterocycles. The third-order valence-electron chi connectivity index (χ3n) is 3.75. The maximum Gasteiger partial charge on any atom is 0.134 e. The Balaban J connectivity index is 1.63. The van der Waals surface area contributed by atoms with Crippen LogP contribution in [0.3, 0.4) is 0 Å². The molecule has 0 saturated carbocycles. The molecule has 3 nitrogen and oxygen atoms in total. The van der Waals surface area contributed by atoms with Gasteiger partial charge in [-0.25, -0.2) is 4.39 Å². The van der Waals surface area contributed by atoms with Gasteiger partial charge >= 0.3 is 0 Å². The van der Waals surface area contributed by atoms with Crippen molar-refractivity contribution in [2.24, 2.45) is 4.99 Å². The number of benzene rings is 3. The van der Waals surface area contributed by atoms with Gasteiger partial charge in [0, 0.05) is 6.21 Å². The first-order valence-corrected chi connectivity index (χ1v) is 9.37. The molecule has 0 fully saturated rings. The van der Waals surface area contributed by atoms with Crippen LogP contribution in [0.1, 0.15) is 18.1 Å². The van der Waals surface area contributed by atoms with Crippen LogP contribution in [0.4, 0.5) is 10.1 Å². The predicted octanol–water partition coefficient (Wildman–Crippen LogP) is 6.32. The summed E-state index contributed by atoms with van der Waals surface area (Å²) >= 11 is 3.51. The average Bonchev–Trinajstić information content (AvgIpc) is 2.67. The molecule has 27 heavy (non-hydrogen) atoms. The van der Waals surface area contributed by atoms with Crippen LogP contribution in [0.25, 0.3) is 0 Å². The zero-order valence-corrected chi connectivity index (χ0v) is 16.4. The van der Waals surface area contributed by atoms with E-state index in [9.17, 15) is 4.39 Å². The van der Waals surface area contributed by atoms with Crippen LogP contribution in [0.15, 0.2) is 76.2 Å². The van der Waals surface area contributed by atoms with E-state index in [-0.39, 0.29) is 5.82 Å². The molecule has 0 aliphatic rings. The summed E-state index contributed by atoms with van der Waals surface area (Å²) in [4.78, 5) is 4.47. The molecule has 0 heterocycles. The van der Waals surface area contributed by atoms with Crippen LogP contribution in [-0.4, -0.2) is 12.8 Å². The van der Waals surface area contributed by atoms with Crippen LogP contribution < -0.4 is 9.47 Å². The Morgan fingerprint density at radius 3 is 2.52 bits per heavy atom. The lowest BCUT2D eigenvalue weighted by atomic mass is 10.2. The molecule has 0 spiro atoms. The van der Waals surface area contributed by atoms with E-state index < -0.39 is 0 Å². The molecule has 0 unspecified atom stereocenters. The molecule has 138 valence electrons. The zero-order valence-electron chi connectivity index (χ0n) is 14.9. The smallest absolute Gasteiger partial charge is 0.134 e. The van der Waals surface area contributed by atoms with Crippen molar-refractivity contribution in [2.75, 3.05) is 6.61 Å². The van der Waals surface area contributed by atoms with E-state index in [1.807, 2.05) is 55.5 Å². The van der Waals surface area contributed by atoms with Crippen molar-refractivity contribution in [3.8, 4) is 11.5 Å². The molecule has 3 aromatic carbocycles. The Hall–Kier alpha value is -2.66. The van der Waals surface area contributed by atoms with Crippen LogP contribution in [0.5, 0.6) is 11.5 Å². The molecule has 0 radical (unpaired) electrons. The second kappa shape index (κ2) is 9.33. The van der Waals surface area contributed by atoms with E-state index in [0.29, 0.717) is 19.0 Å². The monoisotopic (exact) mass is 427 g/mol. The molecule has 0 saturated heterocycles. The molecule has 5 heteroatoms. The quantitative estimate of drug-likeness (QED) is 0.413. The summed E-state index contributed by atoms with van der Waals surface area (Å²) in [5.41, 5.74) is 2.57. The van der Waals surface area contributed by atoms with Gasteiger partial charge in [-0.15, -0.1) is 0 Å². The van der Waals surface area contributed by atoms with Crippen molar-refractivity contribution in [1.29, 1.82) is 0 Å². The zero-order chi connectivity index (χ0) is 19.1. The lowest BCUT2D eigenvalue weighted by Crippen LogP contribution is -1.97. The van der Waals surface area contributed by atoms with E-state index in [4.69, 9.17) is 9.47 Å². The Morgan fingerprint density at radius 2 is 1.81 bits per heavy atom. The first kappa shape index (κ1) is 19.1. The van der Waals surface area contributed by atoms with E-state index in [2.05, 4.69) is 20.9 Å². The van der Waals surface area contributed by atoms with Crippen molar-refractivity contribution in [2.45, 2.75) is 13.5 Å². The number of hydrogen-bond acceptors (Lipinski definition) is 3. The van der Waals surface area contributed by atoms with Crippen LogP contribution in [0.2, 0.25) is 0 Å². The fourth-order valence-electron chi connectivity index (χ4n) is 2.45. The summed E-state index contributed by atoms with van der Waals surface area (Å²) < 4.78 is 25.2. The van der Waals surface area contributed by atoms with Crippen molar-refractivity contribution in [3.05, 3.63) is 88.1 Å². The minimum atomic E-state index is -0.268. The van der Waals surface area contributed by atoms with Crippen molar-refractivity contribution in [3.63, 3.8) is 0 Å². The van der Waals surface area contributed by atoms with Crippen molar-refractivity contribution >= 4 is 27.8 Å². The highest BCUT2D eigenvalue weighted by molar-refractivity contribution is 9.10. The average molecular weight is 428 g/mol. The van der Waals surface area contributed by atoms with Gasteiger partial charge in [0.05, 0.1) is 16.8 Å². The van der Waals surface area contributed by atoms with E-state index in [0.717, 1.165) is 27.0 Å². The molecule has 0 N–H and O–H groups in total. The number of rotatable bonds is 7. The number of nitrogens with zero attached hydrogens (tertiary/aromatic N) is 1. The molecular weight excluding hydrogens is 409 g/mol. The van der Waals surface area contributed by atoms with Crippen LogP contribution in [0, 0.1) is 5.82 Å². The lowest BCUT2D eigenvalue weighted by molar-refractivity contribution is 0.303. The summed E-state index contributed by atoms with van der Waals surface area (Å²) in [6.07, 6.45) is 1.79. The Morgan fingerprint density at radius 1 is 1.00 bits per heavy atom. The maximum atomic E-state index is 13.2. The Labute approximate surface area is 166 Å². The minimum absolute atomic E-state index is 0.268. The summed E-state index contributed by atoms with van der Waals surface area (Å²) in [6.45, 7) is 2.90. The van der Waals surface area contributed by atoms with Gasteiger partial charge in [0.1, 0.15) is 23.9 Å². The first-order chi connectivity index (χ1) is 13.1. The third-order valence-corrected chi connectivity index (χ3v) is 4.37. The molecule has 3 aromatic rings. The summed E-state index contributed by atoms with van der Waals surface area (Å²) in [6, 6.07) is 19.7. The standard InChI is InChI=1S/C22H19BrFNO2/c1-2-26-20-9-7-19(8-10-20)25-14-16-6-11-22(21(23)13-16)27-15-17-4-3-5-18(24)12-17/h3-14H,2,15H2,1H3. The highest BCUT2D eigenvalue weighted by Gasteiger charge is 2.03. The van der Waals surface area contributed by atoms with E-state index in [1.54, 1.807) is 12.3 Å². The molecule has 0 bridgehead atoms. The second-order valence-corrected chi connectivity index (χ2v) is 6.65. The topological polar surface area (TPSA) is 30.8 Å². The number of hydrogen-bond donors (Lipinski definition) is 0. The lowest BCUT2D eigenvalue weighted by Gasteiger charge is -2.09. The Kier molecular flexibility index (Phi) is 6.60. The molecule has 0 aromatic heterocycles. The summed E-state index contributed by atoms with van der Waals surface area (Å²) in [5, 5.41) is 0. The van der Waals surface area contributed by atoms with Crippen molar-refractivity contribution < 1.29 is 13.9 Å². The predicted molar refractivity (Wildman–Crippen MR) is 110 cm³/mol. The fourth-order valence-corrected chi connectivity index (χ4v) is 2.96. The van der Waals surface area contributed by atoms with Crippen LogP contribution >= 0.6 is 15.9 Å². The SMILES string of the molecule is CCOc1ccc(N=Cc2ccc(OCc3cccc(F)c3)c(Br)c2)cc1. The molecule has 3 rings (SSSR count). The highest BCUT2D eigenvalue weighted by atomic mass is 79.9. The largest absolute Gasteiger partial charge is 0.494 e. The van der Waals surface area contributed by atoms with E-state index >= 15 is 0 Å². The first-order valence-electron chi connectivity index (χ1n) is 8.58. The minimum Gasteiger partial charge on any atom is -0.494 e. The number of halogens is 2. The maximum absolute atomic E-state index is 13.2. The number of ether oxygens (including phenoxy) is 2. The van der Waals surface area contributed by atoms with Gasteiger partial charge in [0.25, 0.3) is 0 Å². The summed E-state index contributed by atoms with van der Waals surface area (Å²) in [7, 11) is 0. The highest BCUT2D eigenvalue weighted by Crippen LogP contribution is 2.27. The van der Waals surface area contributed by atoms with Gasteiger partial charge in [-0.1, -0.05) is 12.1 Å². The fraction of sp³-hybridized carbons (Fsp3) is 0.136. The molecular formula is C22H19BrFNO2. The van der Waals surface area contributed by atoms with Crippen molar-refractivity contribution in [1.82, 2.24) is 0 Å². The van der Waals surface area contributed by atoms with Gasteiger partial charge in [-0.05, 0) is 88.6 Å². The van der Waals surface area contributed by atoms with Gasteiger partial charge in [-0.3, -0.25) is 4.99 Å². The third kappa shape index (κ3) is 5.66. The van der Waals surface area contributed by atoms with Gasteiger partial charge in [0.2, 0.25) is 0 Å². The normalized spacial score (nSPS) is 10.9. The van der Waals surface area contributed by atoms with Gasteiger partial charge in [0.15, 0.2) is 0 Å². The van der Waals surface area contributed by atoms with Gasteiger partial charge in [-0.2, -0.15) is 0 Å². The number of aliphatic imine (C=N–C) groups is 1. The van der Waals surface area contributed by atoms with Gasteiger partial charge < -0.3 is 9.47 Å². The molecule has 0 amide bonds. The summed E-state index contributed by atoms with van der Waals surface area (Å²) in [5.74, 6) is 1.26.